The minimum Gasteiger partial charge on any atom is -0.493 e. The molecule has 0 saturated carbocycles. The molecule has 1 amide bonds. The highest BCUT2D eigenvalue weighted by Gasteiger charge is 2.26. The Morgan fingerprint density at radius 1 is 0.765 bits per heavy atom. The highest BCUT2D eigenvalue weighted by Crippen LogP contribution is 2.47. The molecule has 0 atom stereocenters. The van der Waals surface area contributed by atoms with Crippen molar-refractivity contribution in [1.82, 2.24) is 0 Å². The molecule has 0 aliphatic heterocycles. The molecule has 1 aliphatic carbocycles. The SMILES string of the molecule is COc1cc(/C=C2\c3ccccc3-c3cc(N(OC(C)=O)C(C)=O)ccc32)cc(OC)c1OC. The Hall–Kier alpha value is -4.26. The Balaban J connectivity index is 1.87. The summed E-state index contributed by atoms with van der Waals surface area (Å²) in [6.45, 7) is 2.61. The van der Waals surface area contributed by atoms with Crippen LogP contribution in [0.25, 0.3) is 22.8 Å². The number of hydrogen-bond acceptors (Lipinski definition) is 6. The van der Waals surface area contributed by atoms with Gasteiger partial charge in [-0.3, -0.25) is 4.79 Å². The highest BCUT2D eigenvalue weighted by atomic mass is 16.7. The van der Waals surface area contributed by atoms with Crippen molar-refractivity contribution in [1.29, 1.82) is 0 Å². The molecular formula is C27H25NO6. The fourth-order valence-electron chi connectivity index (χ4n) is 4.15. The Morgan fingerprint density at radius 3 is 1.94 bits per heavy atom. The van der Waals surface area contributed by atoms with Crippen LogP contribution in [0.4, 0.5) is 5.69 Å². The van der Waals surface area contributed by atoms with Gasteiger partial charge in [0.05, 0.1) is 27.0 Å². The summed E-state index contributed by atoms with van der Waals surface area (Å²) in [6, 6.07) is 17.3. The van der Waals surface area contributed by atoms with Gasteiger partial charge in [-0.2, -0.15) is 0 Å². The molecule has 7 nitrogen and oxygen atoms in total. The number of benzene rings is 3. The Morgan fingerprint density at radius 2 is 1.38 bits per heavy atom. The lowest BCUT2D eigenvalue weighted by Gasteiger charge is -2.19. The van der Waals surface area contributed by atoms with Gasteiger partial charge in [0.2, 0.25) is 5.75 Å². The van der Waals surface area contributed by atoms with Crippen LogP contribution in [0, 0.1) is 0 Å². The molecule has 3 aromatic carbocycles. The Kier molecular flexibility index (Phi) is 6.27. The van der Waals surface area contributed by atoms with E-state index < -0.39 is 11.9 Å². The molecule has 0 radical (unpaired) electrons. The van der Waals surface area contributed by atoms with Crippen LogP contribution in [0.3, 0.4) is 0 Å². The molecule has 0 fully saturated rings. The van der Waals surface area contributed by atoms with Crippen molar-refractivity contribution in [2.24, 2.45) is 0 Å². The largest absolute Gasteiger partial charge is 0.493 e. The third-order valence-corrected chi connectivity index (χ3v) is 5.54. The lowest BCUT2D eigenvalue weighted by Crippen LogP contribution is -2.30. The lowest BCUT2D eigenvalue weighted by molar-refractivity contribution is -0.147. The van der Waals surface area contributed by atoms with E-state index in [4.69, 9.17) is 19.0 Å². The molecule has 0 saturated heterocycles. The van der Waals surface area contributed by atoms with E-state index >= 15 is 0 Å². The van der Waals surface area contributed by atoms with Crippen LogP contribution in [0.1, 0.15) is 30.5 Å². The minimum absolute atomic E-state index is 0.394. The van der Waals surface area contributed by atoms with Crippen LogP contribution in [-0.2, 0) is 14.4 Å². The summed E-state index contributed by atoms with van der Waals surface area (Å²) in [6.07, 6.45) is 2.06. The molecule has 0 aromatic heterocycles. The predicted octanol–water partition coefficient (Wildman–Crippen LogP) is 5.11. The summed E-state index contributed by atoms with van der Waals surface area (Å²) in [7, 11) is 4.74. The van der Waals surface area contributed by atoms with Crippen LogP contribution in [0.15, 0.2) is 54.6 Å². The first kappa shape index (κ1) is 22.9. The van der Waals surface area contributed by atoms with E-state index in [2.05, 4.69) is 6.08 Å². The standard InChI is InChI=1S/C27H25NO6/c1-16(29)28(34-17(2)30)19-10-11-22-23(20-8-6-7-9-21(20)24(22)15-19)12-18-13-25(31-3)27(33-5)26(14-18)32-4/h6-15H,1-5H3/b23-12+. The molecule has 174 valence electrons. The number of anilines is 1. The number of carbonyl (C=O) groups excluding carboxylic acids is 2. The normalized spacial score (nSPS) is 12.6. The van der Waals surface area contributed by atoms with Crippen LogP contribution >= 0.6 is 0 Å². The van der Waals surface area contributed by atoms with Gasteiger partial charge in [-0.25, -0.2) is 4.79 Å². The van der Waals surface area contributed by atoms with Gasteiger partial charge in [-0.15, -0.1) is 5.06 Å². The topological polar surface area (TPSA) is 74.3 Å². The van der Waals surface area contributed by atoms with Gasteiger partial charge in [0.1, 0.15) is 0 Å². The maximum Gasteiger partial charge on any atom is 0.330 e. The van der Waals surface area contributed by atoms with Crippen molar-refractivity contribution in [3.63, 3.8) is 0 Å². The number of hydrogen-bond donors (Lipinski definition) is 0. The summed E-state index contributed by atoms with van der Waals surface area (Å²) in [5.41, 5.74) is 6.35. The number of nitrogens with zero attached hydrogens (tertiary/aromatic N) is 1. The maximum atomic E-state index is 12.1. The number of fused-ring (bicyclic) bond motifs is 3. The zero-order chi connectivity index (χ0) is 24.4. The van der Waals surface area contributed by atoms with E-state index in [1.165, 1.54) is 13.8 Å². The van der Waals surface area contributed by atoms with Crippen LogP contribution in [-0.4, -0.2) is 33.2 Å². The Labute approximate surface area is 198 Å². The van der Waals surface area contributed by atoms with Crippen molar-refractivity contribution in [3.8, 4) is 28.4 Å². The fourth-order valence-corrected chi connectivity index (χ4v) is 4.15. The number of amides is 1. The molecule has 34 heavy (non-hydrogen) atoms. The summed E-state index contributed by atoms with van der Waals surface area (Å²) >= 11 is 0. The first-order chi connectivity index (χ1) is 16.4. The number of methoxy groups -OCH3 is 3. The first-order valence-electron chi connectivity index (χ1n) is 10.6. The third-order valence-electron chi connectivity index (χ3n) is 5.54. The van der Waals surface area contributed by atoms with E-state index in [1.54, 1.807) is 27.4 Å². The van der Waals surface area contributed by atoms with E-state index in [0.29, 0.717) is 22.9 Å². The molecule has 0 heterocycles. The zero-order valence-electron chi connectivity index (χ0n) is 19.7. The van der Waals surface area contributed by atoms with Gasteiger partial charge in [0.25, 0.3) is 5.91 Å². The summed E-state index contributed by atoms with van der Waals surface area (Å²) < 4.78 is 16.5. The van der Waals surface area contributed by atoms with Crippen molar-refractivity contribution in [2.75, 3.05) is 26.4 Å². The molecular weight excluding hydrogens is 434 g/mol. The Bertz CT molecular complexity index is 1290. The molecule has 0 unspecified atom stereocenters. The monoisotopic (exact) mass is 459 g/mol. The smallest absolute Gasteiger partial charge is 0.330 e. The summed E-state index contributed by atoms with van der Waals surface area (Å²) in [5, 5.41) is 1.01. The molecule has 0 bridgehead atoms. The van der Waals surface area contributed by atoms with E-state index in [1.807, 2.05) is 48.5 Å². The van der Waals surface area contributed by atoms with Crippen molar-refractivity contribution < 1.29 is 28.6 Å². The second-order valence-corrected chi connectivity index (χ2v) is 7.69. The number of hydroxylamine groups is 1. The molecule has 3 aromatic rings. The summed E-state index contributed by atoms with van der Waals surface area (Å²) in [5.74, 6) is 0.690. The van der Waals surface area contributed by atoms with Crippen LogP contribution in [0.2, 0.25) is 0 Å². The third kappa shape index (κ3) is 4.08. The van der Waals surface area contributed by atoms with Gasteiger partial charge in [0, 0.05) is 13.8 Å². The predicted molar refractivity (Wildman–Crippen MR) is 130 cm³/mol. The summed E-state index contributed by atoms with van der Waals surface area (Å²) in [4.78, 5) is 28.8. The molecule has 0 N–H and O–H groups in total. The second-order valence-electron chi connectivity index (χ2n) is 7.69. The van der Waals surface area contributed by atoms with Crippen molar-refractivity contribution in [2.45, 2.75) is 13.8 Å². The second kappa shape index (κ2) is 9.31. The lowest BCUT2D eigenvalue weighted by atomic mass is 10.0. The molecule has 0 spiro atoms. The van der Waals surface area contributed by atoms with E-state index in [0.717, 1.165) is 38.5 Å². The van der Waals surface area contributed by atoms with Gasteiger partial charge in [-0.05, 0) is 63.7 Å². The van der Waals surface area contributed by atoms with Crippen LogP contribution < -0.4 is 19.3 Å². The van der Waals surface area contributed by atoms with Gasteiger partial charge in [0.15, 0.2) is 11.5 Å². The van der Waals surface area contributed by atoms with Gasteiger partial charge < -0.3 is 19.0 Å². The molecule has 4 rings (SSSR count). The number of rotatable bonds is 5. The minimum atomic E-state index is -0.570. The van der Waals surface area contributed by atoms with E-state index in [-0.39, 0.29) is 0 Å². The number of ether oxygens (including phenoxy) is 3. The average Bonchev–Trinajstić information content (AvgIpc) is 3.14. The van der Waals surface area contributed by atoms with E-state index in [9.17, 15) is 9.59 Å². The highest BCUT2D eigenvalue weighted by molar-refractivity contribution is 6.07. The zero-order valence-corrected chi connectivity index (χ0v) is 19.7. The van der Waals surface area contributed by atoms with Gasteiger partial charge in [-0.1, -0.05) is 30.3 Å². The maximum absolute atomic E-state index is 12.1. The van der Waals surface area contributed by atoms with Gasteiger partial charge >= 0.3 is 5.97 Å². The number of carbonyl (C=O) groups is 2. The van der Waals surface area contributed by atoms with Crippen molar-refractivity contribution >= 4 is 29.2 Å². The average molecular weight is 459 g/mol. The van der Waals surface area contributed by atoms with Crippen molar-refractivity contribution in [3.05, 3.63) is 71.3 Å². The quantitative estimate of drug-likeness (QED) is 0.386. The fraction of sp³-hybridized carbons (Fsp3) is 0.185. The molecule has 7 heteroatoms. The van der Waals surface area contributed by atoms with Crippen LogP contribution in [0.5, 0.6) is 17.2 Å². The molecule has 1 aliphatic rings. The first-order valence-corrected chi connectivity index (χ1v) is 10.6.